The van der Waals surface area contributed by atoms with Gasteiger partial charge in [0.15, 0.2) is 0 Å². The molecule has 116 valence electrons. The number of nitro benzene ring substituents is 1. The number of aryl methyl sites for hydroxylation is 1. The Kier molecular flexibility index (Phi) is 4.02. The van der Waals surface area contributed by atoms with E-state index in [1.807, 2.05) is 25.1 Å². The van der Waals surface area contributed by atoms with Crippen LogP contribution in [0.2, 0.25) is 5.02 Å². The molecular formula is C16H11ClN2O3S. The molecule has 5 nitrogen and oxygen atoms in total. The summed E-state index contributed by atoms with van der Waals surface area (Å²) in [6.07, 6.45) is 0. The first-order valence-electron chi connectivity index (χ1n) is 6.71. The van der Waals surface area contributed by atoms with Gasteiger partial charge in [-0.1, -0.05) is 35.9 Å². The van der Waals surface area contributed by atoms with Crippen LogP contribution in [0, 0.1) is 17.0 Å². The number of hydrogen-bond donors (Lipinski definition) is 1. The molecule has 0 saturated heterocycles. The molecule has 0 bridgehead atoms. The molecule has 0 aliphatic heterocycles. The maximum Gasteiger partial charge on any atom is 0.287 e. The van der Waals surface area contributed by atoms with Gasteiger partial charge in [0.05, 0.1) is 9.95 Å². The summed E-state index contributed by atoms with van der Waals surface area (Å²) in [5.41, 5.74) is 1.61. The number of halogens is 1. The number of thiophene rings is 1. The number of benzene rings is 2. The molecule has 23 heavy (non-hydrogen) atoms. The van der Waals surface area contributed by atoms with Crippen LogP contribution in [0.25, 0.3) is 10.1 Å². The number of anilines is 1. The van der Waals surface area contributed by atoms with E-state index in [1.165, 1.54) is 6.07 Å². The van der Waals surface area contributed by atoms with Crippen molar-refractivity contribution in [3.8, 4) is 0 Å². The van der Waals surface area contributed by atoms with Crippen molar-refractivity contribution >= 4 is 50.3 Å². The molecule has 1 amide bonds. The lowest BCUT2D eigenvalue weighted by atomic mass is 10.2. The fraction of sp³-hybridized carbons (Fsp3) is 0.0625. The maximum atomic E-state index is 12.4. The Morgan fingerprint density at radius 2 is 2.00 bits per heavy atom. The van der Waals surface area contributed by atoms with E-state index in [2.05, 4.69) is 5.32 Å². The average Bonchev–Trinajstić information content (AvgIpc) is 2.84. The predicted octanol–water partition coefficient (Wildman–Crippen LogP) is 5.02. The van der Waals surface area contributed by atoms with Gasteiger partial charge in [-0.15, -0.1) is 11.3 Å². The number of fused-ring (bicyclic) bond motifs is 1. The van der Waals surface area contributed by atoms with Crippen LogP contribution in [0.1, 0.15) is 15.2 Å². The van der Waals surface area contributed by atoms with Crippen molar-refractivity contribution in [3.63, 3.8) is 0 Å². The van der Waals surface area contributed by atoms with Gasteiger partial charge in [-0.2, -0.15) is 0 Å². The topological polar surface area (TPSA) is 72.2 Å². The van der Waals surface area contributed by atoms with Crippen LogP contribution in [-0.4, -0.2) is 10.8 Å². The maximum absolute atomic E-state index is 12.4. The van der Waals surface area contributed by atoms with E-state index in [0.29, 0.717) is 15.8 Å². The summed E-state index contributed by atoms with van der Waals surface area (Å²) < 4.78 is 0.400. The summed E-state index contributed by atoms with van der Waals surface area (Å²) >= 11 is 7.28. The van der Waals surface area contributed by atoms with Crippen LogP contribution < -0.4 is 5.32 Å². The fourth-order valence-corrected chi connectivity index (χ4v) is 3.76. The van der Waals surface area contributed by atoms with E-state index in [1.54, 1.807) is 18.2 Å². The average molecular weight is 347 g/mol. The van der Waals surface area contributed by atoms with Crippen molar-refractivity contribution in [1.29, 1.82) is 0 Å². The van der Waals surface area contributed by atoms with Crippen LogP contribution in [-0.2, 0) is 0 Å². The molecule has 0 fully saturated rings. The lowest BCUT2D eigenvalue weighted by Gasteiger charge is -2.04. The van der Waals surface area contributed by atoms with Crippen LogP contribution in [0.15, 0.2) is 42.5 Å². The largest absolute Gasteiger partial charge is 0.321 e. The quantitative estimate of drug-likeness (QED) is 0.534. The second kappa shape index (κ2) is 5.98. The Hall–Kier alpha value is -2.44. The number of nitrogens with one attached hydrogen (secondary N) is 1. The first kappa shape index (κ1) is 15.5. The summed E-state index contributed by atoms with van der Waals surface area (Å²) in [5.74, 6) is -0.379. The smallest absolute Gasteiger partial charge is 0.287 e. The van der Waals surface area contributed by atoms with Crippen LogP contribution in [0.4, 0.5) is 11.4 Å². The highest BCUT2D eigenvalue weighted by Gasteiger charge is 2.22. The minimum Gasteiger partial charge on any atom is -0.321 e. The van der Waals surface area contributed by atoms with Gasteiger partial charge in [-0.05, 0) is 24.6 Å². The van der Waals surface area contributed by atoms with Crippen molar-refractivity contribution in [2.75, 3.05) is 5.32 Å². The Morgan fingerprint density at radius 1 is 1.26 bits per heavy atom. The summed E-state index contributed by atoms with van der Waals surface area (Å²) in [5, 5.41) is 14.6. The number of hydrogen-bond acceptors (Lipinski definition) is 4. The minimum absolute atomic E-state index is 0.0518. The Labute approximate surface area is 140 Å². The van der Waals surface area contributed by atoms with Crippen molar-refractivity contribution in [3.05, 3.63) is 68.0 Å². The number of non-ortho nitro benzene ring substituents is 1. The van der Waals surface area contributed by atoms with E-state index < -0.39 is 4.92 Å². The second-order valence-electron chi connectivity index (χ2n) is 4.98. The predicted molar refractivity (Wildman–Crippen MR) is 92.6 cm³/mol. The summed E-state index contributed by atoms with van der Waals surface area (Å²) in [4.78, 5) is 23.3. The van der Waals surface area contributed by atoms with Crippen LogP contribution in [0.3, 0.4) is 0 Å². The van der Waals surface area contributed by atoms with Gasteiger partial charge in [0.2, 0.25) is 0 Å². The van der Waals surface area contributed by atoms with Crippen molar-refractivity contribution in [2.45, 2.75) is 6.92 Å². The van der Waals surface area contributed by atoms with Gasteiger partial charge in [-0.25, -0.2) is 0 Å². The molecule has 3 aromatic rings. The van der Waals surface area contributed by atoms with Gasteiger partial charge in [0, 0.05) is 17.1 Å². The van der Waals surface area contributed by atoms with Gasteiger partial charge in [0.25, 0.3) is 11.6 Å². The molecule has 0 aliphatic carbocycles. The molecule has 0 spiro atoms. The molecule has 0 unspecified atom stereocenters. The summed E-state index contributed by atoms with van der Waals surface area (Å²) in [7, 11) is 0. The highest BCUT2D eigenvalue weighted by molar-refractivity contribution is 7.22. The zero-order valence-electron chi connectivity index (χ0n) is 12.0. The first-order valence-corrected chi connectivity index (χ1v) is 7.90. The van der Waals surface area contributed by atoms with Gasteiger partial charge in [0.1, 0.15) is 9.58 Å². The van der Waals surface area contributed by atoms with Crippen molar-refractivity contribution in [1.82, 2.24) is 0 Å². The van der Waals surface area contributed by atoms with Gasteiger partial charge >= 0.3 is 0 Å². The molecular weight excluding hydrogens is 336 g/mol. The zero-order chi connectivity index (χ0) is 16.6. The standard InChI is InChI=1S/C16H11ClN2O3S/c1-9-4-2-5-10(8-9)18-16(20)15-13(17)11-6-3-7-12(19(21)22)14(11)23-15/h2-8H,1H3,(H,18,20). The van der Waals surface area contributed by atoms with Crippen LogP contribution >= 0.6 is 22.9 Å². The summed E-state index contributed by atoms with van der Waals surface area (Å²) in [6, 6.07) is 12.0. The molecule has 1 heterocycles. The first-order chi connectivity index (χ1) is 11.0. The SMILES string of the molecule is Cc1cccc(NC(=O)c2sc3c([N+](=O)[O-])cccc3c2Cl)c1. The number of nitro groups is 1. The Balaban J connectivity index is 2.03. The number of nitrogens with zero attached hydrogens (tertiary/aromatic N) is 1. The summed E-state index contributed by atoms with van der Waals surface area (Å²) in [6.45, 7) is 1.92. The highest BCUT2D eigenvalue weighted by Crippen LogP contribution is 2.40. The van der Waals surface area contributed by atoms with Gasteiger partial charge in [-0.3, -0.25) is 14.9 Å². The normalized spacial score (nSPS) is 10.7. The van der Waals surface area contributed by atoms with E-state index in [0.717, 1.165) is 16.9 Å². The number of carbonyl (C=O) groups is 1. The zero-order valence-corrected chi connectivity index (χ0v) is 13.6. The molecule has 1 aromatic heterocycles. The van der Waals surface area contributed by atoms with E-state index in [9.17, 15) is 14.9 Å². The third kappa shape index (κ3) is 2.91. The molecule has 3 rings (SSSR count). The number of carbonyl (C=O) groups excluding carboxylic acids is 1. The van der Waals surface area contributed by atoms with E-state index in [4.69, 9.17) is 11.6 Å². The van der Waals surface area contributed by atoms with E-state index >= 15 is 0 Å². The van der Waals surface area contributed by atoms with E-state index in [-0.39, 0.29) is 21.5 Å². The van der Waals surface area contributed by atoms with Gasteiger partial charge < -0.3 is 5.32 Å². The molecule has 2 aromatic carbocycles. The van der Waals surface area contributed by atoms with Crippen molar-refractivity contribution in [2.24, 2.45) is 0 Å². The minimum atomic E-state index is -0.475. The Morgan fingerprint density at radius 3 is 2.70 bits per heavy atom. The lowest BCUT2D eigenvalue weighted by molar-refractivity contribution is -0.382. The molecule has 0 radical (unpaired) electrons. The fourth-order valence-electron chi connectivity index (χ4n) is 2.27. The molecule has 0 aliphatic rings. The van der Waals surface area contributed by atoms with Crippen molar-refractivity contribution < 1.29 is 9.72 Å². The van der Waals surface area contributed by atoms with Crippen LogP contribution in [0.5, 0.6) is 0 Å². The third-order valence-corrected chi connectivity index (χ3v) is 5.04. The second-order valence-corrected chi connectivity index (χ2v) is 6.38. The number of rotatable bonds is 3. The molecule has 1 N–H and O–H groups in total. The lowest BCUT2D eigenvalue weighted by Crippen LogP contribution is -2.10. The molecule has 7 heteroatoms. The monoisotopic (exact) mass is 346 g/mol. The Bertz CT molecular complexity index is 936. The molecule has 0 atom stereocenters. The highest BCUT2D eigenvalue weighted by atomic mass is 35.5. The number of amides is 1. The molecule has 0 saturated carbocycles. The third-order valence-electron chi connectivity index (χ3n) is 3.31.